The number of aliphatic hydroxyl groups is 1. The fourth-order valence-corrected chi connectivity index (χ4v) is 1.83. The molecule has 21 heavy (non-hydrogen) atoms. The average molecular weight is 305 g/mol. The molecule has 1 heterocycles. The van der Waals surface area contributed by atoms with E-state index in [1.54, 1.807) is 12.1 Å². The van der Waals surface area contributed by atoms with Gasteiger partial charge in [-0.1, -0.05) is 23.4 Å². The molecule has 0 aliphatic heterocycles. The second kappa shape index (κ2) is 6.84. The highest BCUT2D eigenvalue weighted by molar-refractivity contribution is 6.34. The molecule has 0 spiro atoms. The minimum Gasteiger partial charge on any atom is -0.384 e. The van der Waals surface area contributed by atoms with Gasteiger partial charge in [-0.05, 0) is 30.3 Å². The lowest BCUT2D eigenvalue weighted by Gasteiger charge is -2.06. The Kier molecular flexibility index (Phi) is 4.88. The van der Waals surface area contributed by atoms with E-state index in [1.165, 1.54) is 12.3 Å². The van der Waals surface area contributed by atoms with E-state index in [9.17, 15) is 9.18 Å². The van der Waals surface area contributed by atoms with E-state index in [4.69, 9.17) is 16.7 Å². The van der Waals surface area contributed by atoms with E-state index < -0.39 is 11.7 Å². The number of rotatable bonds is 2. The van der Waals surface area contributed by atoms with Gasteiger partial charge >= 0.3 is 0 Å². The Bertz CT molecular complexity index is 738. The number of anilines is 1. The molecule has 0 radical (unpaired) electrons. The average Bonchev–Trinajstić information content (AvgIpc) is 2.45. The van der Waals surface area contributed by atoms with Crippen molar-refractivity contribution in [1.82, 2.24) is 4.98 Å². The summed E-state index contributed by atoms with van der Waals surface area (Å²) in [7, 11) is 0. The van der Waals surface area contributed by atoms with E-state index in [1.807, 2.05) is 0 Å². The fourth-order valence-electron chi connectivity index (χ4n) is 1.58. The lowest BCUT2D eigenvalue weighted by atomic mass is 10.2. The first-order valence-corrected chi connectivity index (χ1v) is 6.30. The maximum Gasteiger partial charge on any atom is 0.258 e. The van der Waals surface area contributed by atoms with Gasteiger partial charge in [0.1, 0.15) is 18.2 Å². The number of aromatic nitrogens is 1. The number of nitrogens with zero attached hydrogens (tertiary/aromatic N) is 1. The maximum atomic E-state index is 12.9. The van der Waals surface area contributed by atoms with Crippen molar-refractivity contribution in [2.45, 2.75) is 0 Å². The highest BCUT2D eigenvalue weighted by Gasteiger charge is 2.11. The van der Waals surface area contributed by atoms with Crippen molar-refractivity contribution in [2.75, 3.05) is 11.9 Å². The summed E-state index contributed by atoms with van der Waals surface area (Å²) in [4.78, 5) is 16.0. The Labute approximate surface area is 125 Å². The van der Waals surface area contributed by atoms with E-state index in [2.05, 4.69) is 22.1 Å². The van der Waals surface area contributed by atoms with Crippen LogP contribution in [0.2, 0.25) is 5.02 Å². The highest BCUT2D eigenvalue weighted by Crippen LogP contribution is 2.18. The van der Waals surface area contributed by atoms with Gasteiger partial charge in [0.25, 0.3) is 5.91 Å². The van der Waals surface area contributed by atoms with E-state index in [0.29, 0.717) is 5.56 Å². The van der Waals surface area contributed by atoms with Gasteiger partial charge < -0.3 is 10.4 Å². The summed E-state index contributed by atoms with van der Waals surface area (Å²) >= 11 is 5.82. The quantitative estimate of drug-likeness (QED) is 0.838. The van der Waals surface area contributed by atoms with Crippen molar-refractivity contribution >= 4 is 23.3 Å². The van der Waals surface area contributed by atoms with E-state index >= 15 is 0 Å². The third-order valence-corrected chi connectivity index (χ3v) is 2.80. The van der Waals surface area contributed by atoms with Crippen LogP contribution in [-0.4, -0.2) is 22.6 Å². The van der Waals surface area contributed by atoms with Crippen molar-refractivity contribution in [1.29, 1.82) is 0 Å². The van der Waals surface area contributed by atoms with Crippen LogP contribution in [0, 0.1) is 17.7 Å². The molecular formula is C15H10ClFN2O2. The number of halogens is 2. The van der Waals surface area contributed by atoms with Crippen molar-refractivity contribution < 1.29 is 14.3 Å². The molecule has 106 valence electrons. The summed E-state index contributed by atoms with van der Waals surface area (Å²) in [5, 5.41) is 11.2. The second-order valence-corrected chi connectivity index (χ2v) is 4.38. The number of hydrogen-bond acceptors (Lipinski definition) is 3. The number of hydrogen-bond donors (Lipinski definition) is 2. The van der Waals surface area contributed by atoms with Crippen LogP contribution in [0.5, 0.6) is 0 Å². The molecule has 0 aliphatic carbocycles. The predicted molar refractivity (Wildman–Crippen MR) is 77.6 cm³/mol. The molecule has 4 nitrogen and oxygen atoms in total. The van der Waals surface area contributed by atoms with Gasteiger partial charge in [-0.2, -0.15) is 0 Å². The minimum atomic E-state index is -0.518. The van der Waals surface area contributed by atoms with E-state index in [-0.39, 0.29) is 23.0 Å². The molecular weight excluding hydrogens is 295 g/mol. The second-order valence-electron chi connectivity index (χ2n) is 3.97. The number of carbonyl (C=O) groups is 1. The topological polar surface area (TPSA) is 62.2 Å². The number of amides is 1. The molecule has 0 aliphatic rings. The number of nitrogens with one attached hydrogen (secondary N) is 1. The number of carbonyl (C=O) groups excluding carboxylic acids is 1. The molecule has 2 aromatic rings. The normalized spacial score (nSPS) is 9.67. The molecule has 2 rings (SSSR count). The number of pyridine rings is 1. The third-order valence-electron chi connectivity index (χ3n) is 2.49. The summed E-state index contributed by atoms with van der Waals surface area (Å²) in [6.45, 7) is -0.255. The first-order chi connectivity index (χ1) is 10.1. The standard InChI is InChI=1S/C15H10ClFN2O2/c16-13-9-11(17)3-4-12(13)15(21)19-14-8-10(2-1-7-20)5-6-18-14/h3-6,8-9,20H,7H2,(H,18,19,21). The number of aliphatic hydroxyl groups excluding tert-OH is 1. The Morgan fingerprint density at radius 2 is 2.19 bits per heavy atom. The molecule has 0 fully saturated rings. The zero-order valence-corrected chi connectivity index (χ0v) is 11.5. The lowest BCUT2D eigenvalue weighted by Crippen LogP contribution is -2.13. The van der Waals surface area contributed by atoms with Crippen molar-refractivity contribution in [2.24, 2.45) is 0 Å². The molecule has 0 unspecified atom stereocenters. The maximum absolute atomic E-state index is 12.9. The van der Waals surface area contributed by atoms with Crippen LogP contribution in [0.25, 0.3) is 0 Å². The molecule has 0 atom stereocenters. The first-order valence-electron chi connectivity index (χ1n) is 5.92. The molecule has 6 heteroatoms. The van der Waals surface area contributed by atoms with Crippen LogP contribution < -0.4 is 5.32 Å². The highest BCUT2D eigenvalue weighted by atomic mass is 35.5. The molecule has 1 aromatic heterocycles. The van der Waals surface area contributed by atoms with Gasteiger partial charge in [0.05, 0.1) is 10.6 Å². The van der Waals surface area contributed by atoms with Crippen LogP contribution in [0.4, 0.5) is 10.2 Å². The largest absolute Gasteiger partial charge is 0.384 e. The smallest absolute Gasteiger partial charge is 0.258 e. The van der Waals surface area contributed by atoms with Crippen molar-refractivity contribution in [3.05, 3.63) is 58.5 Å². The third kappa shape index (κ3) is 4.02. The van der Waals surface area contributed by atoms with Crippen molar-refractivity contribution in [3.8, 4) is 11.8 Å². The molecule has 1 aromatic carbocycles. The summed E-state index contributed by atoms with van der Waals surface area (Å²) in [6, 6.07) is 6.70. The molecule has 0 bridgehead atoms. The summed E-state index contributed by atoms with van der Waals surface area (Å²) in [6.07, 6.45) is 1.48. The zero-order chi connectivity index (χ0) is 15.2. The van der Waals surface area contributed by atoms with Gasteiger partial charge in [-0.3, -0.25) is 4.79 Å². The number of benzene rings is 1. The zero-order valence-electron chi connectivity index (χ0n) is 10.7. The Balaban J connectivity index is 2.19. The summed E-state index contributed by atoms with van der Waals surface area (Å²) in [5.74, 6) is 4.46. The Morgan fingerprint density at radius 1 is 1.38 bits per heavy atom. The van der Waals surface area contributed by atoms with E-state index in [0.717, 1.165) is 12.1 Å². The van der Waals surface area contributed by atoms with Crippen LogP contribution >= 0.6 is 11.6 Å². The van der Waals surface area contributed by atoms with Gasteiger partial charge in [0.2, 0.25) is 0 Å². The SMILES string of the molecule is O=C(Nc1cc(C#CCO)ccn1)c1ccc(F)cc1Cl. The monoisotopic (exact) mass is 304 g/mol. The van der Waals surface area contributed by atoms with Crippen LogP contribution in [0.1, 0.15) is 15.9 Å². The predicted octanol–water partition coefficient (Wildman–Crippen LogP) is 2.47. The minimum absolute atomic E-state index is 0.0173. The van der Waals surface area contributed by atoms with Crippen molar-refractivity contribution in [3.63, 3.8) is 0 Å². The van der Waals surface area contributed by atoms with Crippen LogP contribution in [0.15, 0.2) is 36.5 Å². The van der Waals surface area contributed by atoms with Gasteiger partial charge in [-0.25, -0.2) is 9.37 Å². The molecule has 0 saturated heterocycles. The van der Waals surface area contributed by atoms with Crippen LogP contribution in [0.3, 0.4) is 0 Å². The first kappa shape index (κ1) is 15.0. The van der Waals surface area contributed by atoms with Gasteiger partial charge in [0.15, 0.2) is 0 Å². The molecule has 1 amide bonds. The van der Waals surface area contributed by atoms with Gasteiger partial charge in [-0.15, -0.1) is 0 Å². The summed E-state index contributed by atoms with van der Waals surface area (Å²) < 4.78 is 12.9. The Hall–Kier alpha value is -2.42. The molecule has 2 N–H and O–H groups in total. The Morgan fingerprint density at radius 3 is 2.90 bits per heavy atom. The lowest BCUT2D eigenvalue weighted by molar-refractivity contribution is 0.102. The fraction of sp³-hybridized carbons (Fsp3) is 0.0667. The summed E-state index contributed by atoms with van der Waals surface area (Å²) in [5.41, 5.74) is 0.742. The van der Waals surface area contributed by atoms with Crippen LogP contribution in [-0.2, 0) is 0 Å². The molecule has 0 saturated carbocycles. The van der Waals surface area contributed by atoms with Gasteiger partial charge in [0, 0.05) is 11.8 Å².